The summed E-state index contributed by atoms with van der Waals surface area (Å²) in [6.45, 7) is 6.06. The van der Waals surface area contributed by atoms with E-state index in [2.05, 4.69) is 19.9 Å². The molecule has 4 nitrogen and oxygen atoms in total. The number of hydrogen-bond donors (Lipinski definition) is 1. The first kappa shape index (κ1) is 19.7. The predicted molar refractivity (Wildman–Crippen MR) is 104 cm³/mol. The van der Waals surface area contributed by atoms with E-state index in [1.54, 1.807) is 7.11 Å². The van der Waals surface area contributed by atoms with E-state index < -0.39 is 0 Å². The molecule has 4 fully saturated rings. The van der Waals surface area contributed by atoms with Crippen molar-refractivity contribution in [1.82, 2.24) is 0 Å². The first-order chi connectivity index (χ1) is 12.9. The van der Waals surface area contributed by atoms with Crippen LogP contribution in [0.1, 0.15) is 65.2 Å². The Morgan fingerprint density at radius 1 is 1.04 bits per heavy atom. The zero-order valence-electron chi connectivity index (χ0n) is 17.3. The van der Waals surface area contributed by atoms with Crippen molar-refractivity contribution in [2.75, 3.05) is 20.3 Å². The van der Waals surface area contributed by atoms with Crippen molar-refractivity contribution in [3.05, 3.63) is 0 Å². The smallest absolute Gasteiger partial charge is 0.0840 e. The van der Waals surface area contributed by atoms with Gasteiger partial charge in [0.05, 0.1) is 37.4 Å². The molecule has 152 valence electrons. The maximum atomic E-state index is 10.7. The molecule has 0 bridgehead atoms. The van der Waals surface area contributed by atoms with Crippen molar-refractivity contribution < 1.29 is 14.6 Å². The second-order valence-corrected chi connectivity index (χ2v) is 10.4. The molecule has 0 radical (unpaired) electrons. The second-order valence-electron chi connectivity index (χ2n) is 10.4. The zero-order valence-corrected chi connectivity index (χ0v) is 17.3. The van der Waals surface area contributed by atoms with Crippen LogP contribution in [0.4, 0.5) is 0 Å². The predicted octanol–water partition coefficient (Wildman–Crippen LogP) is 4.17. The standard InChI is InChI=1S/C23H37NO3/c1-22-9-8-19-17(18(22)7-5-16(22)14-24)6-4-15-12-20(25)21(13-23(15,19)2)27-11-10-26-3/h15-21,25H,4-13H2,1-3H3/t15?,16-,17+,18?,19+,20+,21+,22-,23+/m1/s1. The van der Waals surface area contributed by atoms with Gasteiger partial charge >= 0.3 is 0 Å². The number of fused-ring (bicyclic) bond motifs is 5. The third-order valence-corrected chi connectivity index (χ3v) is 9.44. The molecule has 27 heavy (non-hydrogen) atoms. The second kappa shape index (κ2) is 7.32. The third-order valence-electron chi connectivity index (χ3n) is 9.44. The van der Waals surface area contributed by atoms with Gasteiger partial charge < -0.3 is 14.6 Å². The van der Waals surface area contributed by atoms with Crippen LogP contribution >= 0.6 is 0 Å². The number of nitrogens with zero attached hydrogens (tertiary/aromatic N) is 1. The van der Waals surface area contributed by atoms with Crippen LogP contribution in [0.3, 0.4) is 0 Å². The molecule has 9 atom stereocenters. The molecule has 4 aliphatic carbocycles. The van der Waals surface area contributed by atoms with Crippen molar-refractivity contribution in [3.8, 4) is 6.07 Å². The number of ether oxygens (including phenoxy) is 2. The van der Waals surface area contributed by atoms with Gasteiger partial charge in [0.15, 0.2) is 0 Å². The quantitative estimate of drug-likeness (QED) is 0.749. The molecule has 4 rings (SSSR count). The molecule has 4 heteroatoms. The highest BCUT2D eigenvalue weighted by Crippen LogP contribution is 2.67. The lowest BCUT2D eigenvalue weighted by atomic mass is 9.44. The van der Waals surface area contributed by atoms with Crippen LogP contribution in [0.25, 0.3) is 0 Å². The van der Waals surface area contributed by atoms with E-state index >= 15 is 0 Å². The van der Waals surface area contributed by atoms with E-state index in [9.17, 15) is 10.4 Å². The molecule has 0 saturated heterocycles. The van der Waals surface area contributed by atoms with Gasteiger partial charge in [-0.1, -0.05) is 13.8 Å². The van der Waals surface area contributed by atoms with E-state index in [1.165, 1.54) is 32.1 Å². The van der Waals surface area contributed by atoms with Gasteiger partial charge in [-0.05, 0) is 85.9 Å². The Kier molecular flexibility index (Phi) is 5.33. The van der Waals surface area contributed by atoms with Crippen molar-refractivity contribution in [3.63, 3.8) is 0 Å². The first-order valence-electron chi connectivity index (χ1n) is 11.1. The Morgan fingerprint density at radius 3 is 2.56 bits per heavy atom. The summed E-state index contributed by atoms with van der Waals surface area (Å²) in [5.41, 5.74) is 0.508. The summed E-state index contributed by atoms with van der Waals surface area (Å²) in [6, 6.07) is 2.64. The van der Waals surface area contributed by atoms with Crippen LogP contribution < -0.4 is 0 Å². The highest BCUT2D eigenvalue weighted by Gasteiger charge is 2.61. The fourth-order valence-electron chi connectivity index (χ4n) is 7.92. The van der Waals surface area contributed by atoms with E-state index in [0.717, 1.165) is 37.0 Å². The summed E-state index contributed by atoms with van der Waals surface area (Å²) < 4.78 is 11.2. The molecule has 0 aromatic carbocycles. The van der Waals surface area contributed by atoms with E-state index in [1.807, 2.05) is 0 Å². The summed E-state index contributed by atoms with van der Waals surface area (Å²) in [5.74, 6) is 3.09. The summed E-state index contributed by atoms with van der Waals surface area (Å²) >= 11 is 0. The molecule has 0 aromatic heterocycles. The van der Waals surface area contributed by atoms with Crippen molar-refractivity contribution >= 4 is 0 Å². The zero-order chi connectivity index (χ0) is 19.2. The maximum Gasteiger partial charge on any atom is 0.0840 e. The highest BCUT2D eigenvalue weighted by atomic mass is 16.5. The van der Waals surface area contributed by atoms with E-state index in [4.69, 9.17) is 9.47 Å². The minimum absolute atomic E-state index is 0.0519. The number of aliphatic hydroxyl groups excluding tert-OH is 1. The largest absolute Gasteiger partial charge is 0.390 e. The van der Waals surface area contributed by atoms with Crippen LogP contribution in [-0.2, 0) is 9.47 Å². The Bertz CT molecular complexity index is 589. The average molecular weight is 376 g/mol. The number of rotatable bonds is 4. The number of methoxy groups -OCH3 is 1. The summed E-state index contributed by atoms with van der Waals surface area (Å²) in [6.07, 6.45) is 8.82. The van der Waals surface area contributed by atoms with Gasteiger partial charge in [-0.15, -0.1) is 0 Å². The van der Waals surface area contributed by atoms with Gasteiger partial charge in [0.1, 0.15) is 0 Å². The van der Waals surface area contributed by atoms with Crippen LogP contribution in [0.15, 0.2) is 0 Å². The Morgan fingerprint density at radius 2 is 1.81 bits per heavy atom. The summed E-state index contributed by atoms with van der Waals surface area (Å²) in [5, 5.41) is 20.3. The van der Waals surface area contributed by atoms with Gasteiger partial charge in [-0.2, -0.15) is 5.26 Å². The van der Waals surface area contributed by atoms with E-state index in [-0.39, 0.29) is 29.0 Å². The van der Waals surface area contributed by atoms with Crippen LogP contribution in [0.2, 0.25) is 0 Å². The molecule has 0 aromatic rings. The molecule has 0 heterocycles. The minimum Gasteiger partial charge on any atom is -0.390 e. The molecule has 0 aliphatic heterocycles. The maximum absolute atomic E-state index is 10.7. The third kappa shape index (κ3) is 3.05. The molecule has 4 saturated carbocycles. The average Bonchev–Trinajstić information content (AvgIpc) is 2.99. The van der Waals surface area contributed by atoms with Gasteiger partial charge in [-0.25, -0.2) is 0 Å². The fourth-order valence-corrected chi connectivity index (χ4v) is 7.92. The Labute approximate surface area is 164 Å². The Hall–Kier alpha value is -0.630. The van der Waals surface area contributed by atoms with Crippen molar-refractivity contribution in [2.45, 2.75) is 77.4 Å². The molecule has 4 aliphatic rings. The molecule has 0 spiro atoms. The normalized spacial score (nSPS) is 51.7. The SMILES string of the molecule is COCCO[C@H]1C[C@@]2(C)C(CC[C@H]3C4CC[C@H](C#N)[C@@]4(C)CC[C@@H]32)C[C@@H]1O. The first-order valence-corrected chi connectivity index (χ1v) is 11.1. The number of hydrogen-bond acceptors (Lipinski definition) is 4. The van der Waals surface area contributed by atoms with Crippen LogP contribution in [0, 0.1) is 51.8 Å². The lowest BCUT2D eigenvalue weighted by molar-refractivity contribution is -0.173. The Balaban J connectivity index is 1.54. The van der Waals surface area contributed by atoms with Crippen molar-refractivity contribution in [1.29, 1.82) is 5.26 Å². The lowest BCUT2D eigenvalue weighted by Crippen LogP contribution is -2.57. The highest BCUT2D eigenvalue weighted by molar-refractivity contribution is 5.13. The monoisotopic (exact) mass is 375 g/mol. The molecular formula is C23H37NO3. The fraction of sp³-hybridized carbons (Fsp3) is 0.957. The van der Waals surface area contributed by atoms with Crippen molar-refractivity contribution in [2.24, 2.45) is 40.4 Å². The van der Waals surface area contributed by atoms with Gasteiger partial charge in [0.2, 0.25) is 0 Å². The van der Waals surface area contributed by atoms with Crippen LogP contribution in [0.5, 0.6) is 0 Å². The molecule has 0 amide bonds. The molecule has 2 unspecified atom stereocenters. The minimum atomic E-state index is -0.334. The van der Waals surface area contributed by atoms with E-state index in [0.29, 0.717) is 19.1 Å². The van der Waals surface area contributed by atoms with Gasteiger partial charge in [0.25, 0.3) is 0 Å². The number of nitriles is 1. The van der Waals surface area contributed by atoms with Crippen LogP contribution in [-0.4, -0.2) is 37.6 Å². The van der Waals surface area contributed by atoms with Gasteiger partial charge in [0, 0.05) is 7.11 Å². The molecular weight excluding hydrogens is 338 g/mol. The lowest BCUT2D eigenvalue weighted by Gasteiger charge is -2.61. The molecule has 1 N–H and O–H groups in total. The van der Waals surface area contributed by atoms with Gasteiger partial charge in [-0.3, -0.25) is 0 Å². The topological polar surface area (TPSA) is 62.5 Å². The summed E-state index contributed by atoms with van der Waals surface area (Å²) in [4.78, 5) is 0. The summed E-state index contributed by atoms with van der Waals surface area (Å²) in [7, 11) is 1.69. The number of aliphatic hydroxyl groups is 1.